The largest absolute Gasteiger partial charge is 0.296 e. The SMILES string of the molecule is CC(C)c1cc2ccccc2c2nc3ccccc3n12. The van der Waals surface area contributed by atoms with E-state index in [4.69, 9.17) is 4.98 Å². The second-order valence-corrected chi connectivity index (χ2v) is 5.57. The standard InChI is InChI=1S/C18H16N2/c1-12(2)17-11-13-7-3-4-8-14(13)18-19-15-9-5-6-10-16(15)20(17)18/h3-12H,1-2H3. The molecule has 0 amide bonds. The lowest BCUT2D eigenvalue weighted by atomic mass is 10.1. The summed E-state index contributed by atoms with van der Waals surface area (Å²) in [6, 6.07) is 19.1. The van der Waals surface area contributed by atoms with E-state index in [0.717, 1.165) is 11.2 Å². The van der Waals surface area contributed by atoms with Crippen molar-refractivity contribution >= 4 is 27.5 Å². The number of fused-ring (bicyclic) bond motifs is 5. The maximum atomic E-state index is 4.85. The second-order valence-electron chi connectivity index (χ2n) is 5.57. The van der Waals surface area contributed by atoms with Crippen LogP contribution in [0.3, 0.4) is 0 Å². The van der Waals surface area contributed by atoms with Crippen LogP contribution in [0.25, 0.3) is 27.5 Å². The van der Waals surface area contributed by atoms with Crippen molar-refractivity contribution in [3.8, 4) is 0 Å². The van der Waals surface area contributed by atoms with Crippen LogP contribution in [0.1, 0.15) is 25.5 Å². The van der Waals surface area contributed by atoms with Crippen LogP contribution in [-0.4, -0.2) is 9.38 Å². The number of imidazole rings is 1. The van der Waals surface area contributed by atoms with Gasteiger partial charge in [0.05, 0.1) is 11.0 Å². The molecule has 0 atom stereocenters. The first-order valence-electron chi connectivity index (χ1n) is 7.04. The third-order valence-corrected chi connectivity index (χ3v) is 3.92. The Morgan fingerprint density at radius 2 is 1.70 bits per heavy atom. The fourth-order valence-electron chi connectivity index (χ4n) is 2.94. The first kappa shape index (κ1) is 11.5. The van der Waals surface area contributed by atoms with Crippen LogP contribution in [0.5, 0.6) is 0 Å². The first-order valence-corrected chi connectivity index (χ1v) is 7.04. The van der Waals surface area contributed by atoms with E-state index in [1.165, 1.54) is 22.0 Å². The molecule has 2 heteroatoms. The molecular formula is C18H16N2. The highest BCUT2D eigenvalue weighted by molar-refractivity contribution is 5.98. The Morgan fingerprint density at radius 3 is 2.55 bits per heavy atom. The minimum Gasteiger partial charge on any atom is -0.296 e. The molecule has 4 rings (SSSR count). The van der Waals surface area contributed by atoms with E-state index in [0.29, 0.717) is 5.92 Å². The van der Waals surface area contributed by atoms with Gasteiger partial charge in [-0.1, -0.05) is 50.2 Å². The van der Waals surface area contributed by atoms with Crippen LogP contribution in [0.2, 0.25) is 0 Å². The summed E-state index contributed by atoms with van der Waals surface area (Å²) in [4.78, 5) is 4.85. The maximum Gasteiger partial charge on any atom is 0.146 e. The summed E-state index contributed by atoms with van der Waals surface area (Å²) in [6.45, 7) is 4.47. The van der Waals surface area contributed by atoms with Gasteiger partial charge in [0.1, 0.15) is 5.65 Å². The molecule has 0 saturated carbocycles. The summed E-state index contributed by atoms with van der Waals surface area (Å²) in [5.41, 5.74) is 4.63. The number of hydrogen-bond donors (Lipinski definition) is 0. The highest BCUT2D eigenvalue weighted by atomic mass is 15.0. The molecule has 4 aromatic rings. The average molecular weight is 260 g/mol. The van der Waals surface area contributed by atoms with Gasteiger partial charge in [-0.3, -0.25) is 4.40 Å². The Morgan fingerprint density at radius 1 is 0.950 bits per heavy atom. The molecule has 98 valence electrons. The van der Waals surface area contributed by atoms with Gasteiger partial charge in [-0.2, -0.15) is 0 Å². The molecule has 0 N–H and O–H groups in total. The van der Waals surface area contributed by atoms with Gasteiger partial charge in [0.15, 0.2) is 0 Å². The molecule has 0 spiro atoms. The Labute approximate surface area is 117 Å². The molecule has 0 radical (unpaired) electrons. The first-order chi connectivity index (χ1) is 9.75. The smallest absolute Gasteiger partial charge is 0.146 e. The van der Waals surface area contributed by atoms with Crippen molar-refractivity contribution < 1.29 is 0 Å². The van der Waals surface area contributed by atoms with Gasteiger partial charge in [-0.05, 0) is 29.5 Å². The van der Waals surface area contributed by atoms with Crippen molar-refractivity contribution in [1.82, 2.24) is 9.38 Å². The molecule has 0 saturated heterocycles. The molecule has 20 heavy (non-hydrogen) atoms. The van der Waals surface area contributed by atoms with E-state index < -0.39 is 0 Å². The molecule has 2 nitrogen and oxygen atoms in total. The van der Waals surface area contributed by atoms with Crippen molar-refractivity contribution in [1.29, 1.82) is 0 Å². The fraction of sp³-hybridized carbons (Fsp3) is 0.167. The van der Waals surface area contributed by atoms with Crippen LogP contribution >= 0.6 is 0 Å². The van der Waals surface area contributed by atoms with E-state index in [-0.39, 0.29) is 0 Å². The maximum absolute atomic E-state index is 4.85. The van der Waals surface area contributed by atoms with Crippen molar-refractivity contribution in [3.05, 3.63) is 60.3 Å². The molecule has 2 aromatic heterocycles. The van der Waals surface area contributed by atoms with Crippen LogP contribution < -0.4 is 0 Å². The van der Waals surface area contributed by atoms with Gasteiger partial charge in [0, 0.05) is 11.1 Å². The summed E-state index contributed by atoms with van der Waals surface area (Å²) in [5.74, 6) is 0.458. The van der Waals surface area contributed by atoms with Crippen LogP contribution in [0.4, 0.5) is 0 Å². The minimum absolute atomic E-state index is 0.458. The normalized spacial score (nSPS) is 11.9. The number of nitrogens with zero attached hydrogens (tertiary/aromatic N) is 2. The molecule has 0 aliphatic rings. The Hall–Kier alpha value is -2.35. The Bertz CT molecular complexity index is 932. The van der Waals surface area contributed by atoms with Crippen molar-refractivity contribution in [2.45, 2.75) is 19.8 Å². The second kappa shape index (κ2) is 4.07. The lowest BCUT2D eigenvalue weighted by Gasteiger charge is -2.12. The topological polar surface area (TPSA) is 17.3 Å². The van der Waals surface area contributed by atoms with Crippen LogP contribution in [0.15, 0.2) is 54.6 Å². The minimum atomic E-state index is 0.458. The number of aromatic nitrogens is 2. The average Bonchev–Trinajstić information content (AvgIpc) is 2.86. The fourth-order valence-corrected chi connectivity index (χ4v) is 2.94. The number of para-hydroxylation sites is 2. The predicted octanol–water partition coefficient (Wildman–Crippen LogP) is 4.76. The third kappa shape index (κ3) is 1.48. The van der Waals surface area contributed by atoms with Crippen molar-refractivity contribution in [2.75, 3.05) is 0 Å². The number of rotatable bonds is 1. The summed E-state index contributed by atoms with van der Waals surface area (Å²) in [6.07, 6.45) is 0. The molecule has 0 unspecified atom stereocenters. The quantitative estimate of drug-likeness (QED) is 0.482. The van der Waals surface area contributed by atoms with Gasteiger partial charge in [-0.15, -0.1) is 0 Å². The molecule has 0 bridgehead atoms. The summed E-state index contributed by atoms with van der Waals surface area (Å²) in [5, 5.41) is 2.48. The monoisotopic (exact) mass is 260 g/mol. The van der Waals surface area contributed by atoms with Gasteiger partial charge in [0.2, 0.25) is 0 Å². The van der Waals surface area contributed by atoms with Crippen LogP contribution in [-0.2, 0) is 0 Å². The molecule has 0 aliphatic heterocycles. The Kier molecular flexibility index (Phi) is 2.34. The molecule has 2 aromatic carbocycles. The lowest BCUT2D eigenvalue weighted by Crippen LogP contribution is -1.99. The predicted molar refractivity (Wildman–Crippen MR) is 84.3 cm³/mol. The summed E-state index contributed by atoms with van der Waals surface area (Å²) >= 11 is 0. The van der Waals surface area contributed by atoms with Gasteiger partial charge in [-0.25, -0.2) is 4.98 Å². The zero-order valence-electron chi connectivity index (χ0n) is 11.7. The van der Waals surface area contributed by atoms with Crippen molar-refractivity contribution in [2.24, 2.45) is 0 Å². The van der Waals surface area contributed by atoms with E-state index in [1.807, 2.05) is 6.07 Å². The molecule has 2 heterocycles. The van der Waals surface area contributed by atoms with Gasteiger partial charge >= 0.3 is 0 Å². The van der Waals surface area contributed by atoms with E-state index in [9.17, 15) is 0 Å². The van der Waals surface area contributed by atoms with E-state index >= 15 is 0 Å². The number of benzene rings is 2. The zero-order valence-corrected chi connectivity index (χ0v) is 11.7. The highest BCUT2D eigenvalue weighted by Crippen LogP contribution is 2.29. The highest BCUT2D eigenvalue weighted by Gasteiger charge is 2.13. The molecule has 0 aliphatic carbocycles. The molecule has 0 fully saturated rings. The number of hydrogen-bond acceptors (Lipinski definition) is 1. The molecular weight excluding hydrogens is 244 g/mol. The summed E-state index contributed by atoms with van der Waals surface area (Å²) in [7, 11) is 0. The van der Waals surface area contributed by atoms with Crippen LogP contribution in [0, 0.1) is 0 Å². The summed E-state index contributed by atoms with van der Waals surface area (Å²) < 4.78 is 2.31. The lowest BCUT2D eigenvalue weighted by molar-refractivity contribution is 0.812. The zero-order chi connectivity index (χ0) is 13.7. The third-order valence-electron chi connectivity index (χ3n) is 3.92. The number of pyridine rings is 1. The van der Waals surface area contributed by atoms with Gasteiger partial charge < -0.3 is 0 Å². The van der Waals surface area contributed by atoms with E-state index in [2.05, 4.69) is 66.8 Å². The van der Waals surface area contributed by atoms with E-state index in [1.54, 1.807) is 0 Å². The Balaban J connectivity index is 2.33. The van der Waals surface area contributed by atoms with Crippen molar-refractivity contribution in [3.63, 3.8) is 0 Å². The van der Waals surface area contributed by atoms with Gasteiger partial charge in [0.25, 0.3) is 0 Å².